The molecule has 21 heavy (non-hydrogen) atoms. The van der Waals surface area contributed by atoms with Crippen LogP contribution in [0, 0.1) is 6.92 Å². The number of carbonyl (C=O) groups is 1. The van der Waals surface area contributed by atoms with Gasteiger partial charge in [-0.2, -0.15) is 0 Å². The summed E-state index contributed by atoms with van der Waals surface area (Å²) < 4.78 is 3.17. The Morgan fingerprint density at radius 2 is 2.14 bits per heavy atom. The molecule has 1 N–H and O–H groups in total. The van der Waals surface area contributed by atoms with Crippen LogP contribution in [0.15, 0.2) is 35.7 Å². The molecule has 0 saturated heterocycles. The molecule has 5 heteroatoms. The summed E-state index contributed by atoms with van der Waals surface area (Å²) in [4.78, 5) is 12.5. The van der Waals surface area contributed by atoms with Crippen molar-refractivity contribution in [2.75, 3.05) is 5.32 Å². The molecule has 0 fully saturated rings. The van der Waals surface area contributed by atoms with Crippen LogP contribution in [0.4, 0.5) is 5.69 Å². The first-order valence-corrected chi connectivity index (χ1v) is 8.00. The third-order valence-corrected chi connectivity index (χ3v) is 4.60. The quantitative estimate of drug-likeness (QED) is 0.729. The maximum atomic E-state index is 12.5. The largest absolute Gasteiger partial charge is 0.336 e. The maximum Gasteiger partial charge on any atom is 0.272 e. The predicted octanol–water partition coefficient (Wildman–Crippen LogP) is 4.94. The number of fused-ring (bicyclic) bond motifs is 1. The molecular formula is C16H15ClN2OS. The number of aromatic nitrogens is 1. The highest BCUT2D eigenvalue weighted by Crippen LogP contribution is 2.26. The minimum absolute atomic E-state index is 0.0920. The van der Waals surface area contributed by atoms with Crippen molar-refractivity contribution >= 4 is 44.7 Å². The van der Waals surface area contributed by atoms with Crippen LogP contribution in [-0.2, 0) is 6.54 Å². The molecule has 108 valence electrons. The van der Waals surface area contributed by atoms with Crippen LogP contribution >= 0.6 is 22.9 Å². The lowest BCUT2D eigenvalue weighted by atomic mass is 10.2. The second-order valence-corrected chi connectivity index (χ2v) is 6.24. The Labute approximate surface area is 132 Å². The molecule has 3 aromatic rings. The van der Waals surface area contributed by atoms with Gasteiger partial charge in [0, 0.05) is 17.3 Å². The number of hydrogen-bond acceptors (Lipinski definition) is 2. The Morgan fingerprint density at radius 3 is 2.86 bits per heavy atom. The number of nitrogens with zero attached hydrogens (tertiary/aromatic N) is 1. The summed E-state index contributed by atoms with van der Waals surface area (Å²) in [6, 6.07) is 9.45. The first kappa shape index (κ1) is 14.2. The van der Waals surface area contributed by atoms with E-state index in [1.807, 2.05) is 48.1 Å². The molecule has 0 aliphatic carbocycles. The van der Waals surface area contributed by atoms with E-state index in [9.17, 15) is 4.79 Å². The summed E-state index contributed by atoms with van der Waals surface area (Å²) in [6.07, 6.45) is 0. The average Bonchev–Trinajstić information content (AvgIpc) is 3.01. The standard InChI is InChI=1S/C16H15ClN2OS/c1-3-19-13-6-7-21-15(13)9-14(19)16(20)18-12-5-4-11(17)8-10(12)2/h4-9H,3H2,1-2H3,(H,18,20). The number of benzene rings is 1. The van der Waals surface area contributed by atoms with E-state index in [-0.39, 0.29) is 5.91 Å². The molecule has 3 rings (SSSR count). The van der Waals surface area contributed by atoms with Crippen LogP contribution in [0.5, 0.6) is 0 Å². The lowest BCUT2D eigenvalue weighted by molar-refractivity contribution is 0.101. The van der Waals surface area contributed by atoms with Crippen molar-refractivity contribution in [1.82, 2.24) is 4.57 Å². The van der Waals surface area contributed by atoms with Gasteiger partial charge in [0.05, 0.1) is 10.2 Å². The van der Waals surface area contributed by atoms with E-state index in [0.29, 0.717) is 10.7 Å². The van der Waals surface area contributed by atoms with Crippen molar-refractivity contribution in [2.24, 2.45) is 0 Å². The second kappa shape index (κ2) is 5.54. The van der Waals surface area contributed by atoms with Crippen molar-refractivity contribution in [2.45, 2.75) is 20.4 Å². The fraction of sp³-hybridized carbons (Fsp3) is 0.188. The SMILES string of the molecule is CCn1c(C(=O)Nc2ccc(Cl)cc2C)cc2sccc21. The van der Waals surface area contributed by atoms with Crippen molar-refractivity contribution in [3.05, 3.63) is 52.0 Å². The first-order valence-electron chi connectivity index (χ1n) is 6.74. The first-order chi connectivity index (χ1) is 10.1. The molecule has 0 unspecified atom stereocenters. The summed E-state index contributed by atoms with van der Waals surface area (Å²) in [5.74, 6) is -0.0920. The molecule has 2 aromatic heterocycles. The smallest absolute Gasteiger partial charge is 0.272 e. The Hall–Kier alpha value is -1.78. The highest BCUT2D eigenvalue weighted by atomic mass is 35.5. The van der Waals surface area contributed by atoms with E-state index in [2.05, 4.69) is 5.32 Å². The number of halogens is 1. The molecule has 0 spiro atoms. The number of rotatable bonds is 3. The van der Waals surface area contributed by atoms with Crippen LogP contribution in [-0.4, -0.2) is 10.5 Å². The molecule has 1 amide bonds. The molecule has 0 atom stereocenters. The topological polar surface area (TPSA) is 34.0 Å². The van der Waals surface area contributed by atoms with Crippen LogP contribution < -0.4 is 5.32 Å². The third kappa shape index (κ3) is 2.57. The summed E-state index contributed by atoms with van der Waals surface area (Å²) in [5, 5.41) is 5.68. The molecule has 1 aromatic carbocycles. The number of nitrogens with one attached hydrogen (secondary N) is 1. The lowest BCUT2D eigenvalue weighted by Crippen LogP contribution is -2.17. The summed E-state index contributed by atoms with van der Waals surface area (Å²) in [5.41, 5.74) is 3.54. The molecule has 0 aliphatic rings. The van der Waals surface area contributed by atoms with Crippen molar-refractivity contribution in [3.8, 4) is 0 Å². The molecule has 0 bridgehead atoms. The normalized spacial score (nSPS) is 11.0. The van der Waals surface area contributed by atoms with E-state index in [1.165, 1.54) is 0 Å². The van der Waals surface area contributed by atoms with Crippen LogP contribution in [0.3, 0.4) is 0 Å². The monoisotopic (exact) mass is 318 g/mol. The van der Waals surface area contributed by atoms with Gasteiger partial charge in [0.15, 0.2) is 0 Å². The third-order valence-electron chi connectivity index (χ3n) is 3.51. The van der Waals surface area contributed by atoms with Crippen LogP contribution in [0.1, 0.15) is 23.0 Å². The van der Waals surface area contributed by atoms with Crippen molar-refractivity contribution < 1.29 is 4.79 Å². The van der Waals surface area contributed by atoms with E-state index < -0.39 is 0 Å². The molecule has 3 nitrogen and oxygen atoms in total. The van der Waals surface area contributed by atoms with E-state index in [4.69, 9.17) is 11.6 Å². The molecular weight excluding hydrogens is 304 g/mol. The Bertz CT molecular complexity index is 819. The summed E-state index contributed by atoms with van der Waals surface area (Å²) in [7, 11) is 0. The number of aryl methyl sites for hydroxylation is 2. The van der Waals surface area contributed by atoms with E-state index >= 15 is 0 Å². The molecule has 0 saturated carbocycles. The highest BCUT2D eigenvalue weighted by molar-refractivity contribution is 7.17. The van der Waals surface area contributed by atoms with Gasteiger partial charge in [0.25, 0.3) is 5.91 Å². The zero-order chi connectivity index (χ0) is 15.0. The van der Waals surface area contributed by atoms with Crippen LogP contribution in [0.2, 0.25) is 5.02 Å². The molecule has 0 radical (unpaired) electrons. The number of thiophene rings is 1. The lowest BCUT2D eigenvalue weighted by Gasteiger charge is -2.10. The van der Waals surface area contributed by atoms with Gasteiger partial charge in [-0.05, 0) is 55.1 Å². The Kier molecular flexibility index (Phi) is 3.74. The van der Waals surface area contributed by atoms with Gasteiger partial charge < -0.3 is 9.88 Å². The van der Waals surface area contributed by atoms with E-state index in [0.717, 1.165) is 28.0 Å². The Balaban J connectivity index is 1.95. The van der Waals surface area contributed by atoms with Crippen molar-refractivity contribution in [1.29, 1.82) is 0 Å². The van der Waals surface area contributed by atoms with Gasteiger partial charge in [-0.1, -0.05) is 11.6 Å². The van der Waals surface area contributed by atoms with Gasteiger partial charge in [0.1, 0.15) is 5.69 Å². The number of carbonyl (C=O) groups excluding carboxylic acids is 1. The summed E-state index contributed by atoms with van der Waals surface area (Å²) in [6.45, 7) is 4.74. The van der Waals surface area contributed by atoms with Crippen LogP contribution in [0.25, 0.3) is 10.2 Å². The minimum atomic E-state index is -0.0920. The molecule has 2 heterocycles. The Morgan fingerprint density at radius 1 is 1.33 bits per heavy atom. The highest BCUT2D eigenvalue weighted by Gasteiger charge is 2.16. The van der Waals surface area contributed by atoms with Gasteiger partial charge in [-0.25, -0.2) is 0 Å². The van der Waals surface area contributed by atoms with Crippen molar-refractivity contribution in [3.63, 3.8) is 0 Å². The van der Waals surface area contributed by atoms with Gasteiger partial charge in [-0.3, -0.25) is 4.79 Å². The predicted molar refractivity (Wildman–Crippen MR) is 89.6 cm³/mol. The number of amides is 1. The zero-order valence-electron chi connectivity index (χ0n) is 11.8. The van der Waals surface area contributed by atoms with Gasteiger partial charge in [0.2, 0.25) is 0 Å². The zero-order valence-corrected chi connectivity index (χ0v) is 13.4. The fourth-order valence-corrected chi connectivity index (χ4v) is 3.51. The average molecular weight is 319 g/mol. The fourth-order valence-electron chi connectivity index (χ4n) is 2.46. The second-order valence-electron chi connectivity index (χ2n) is 4.86. The minimum Gasteiger partial charge on any atom is -0.336 e. The summed E-state index contributed by atoms with van der Waals surface area (Å²) >= 11 is 7.59. The number of hydrogen-bond donors (Lipinski definition) is 1. The van der Waals surface area contributed by atoms with E-state index in [1.54, 1.807) is 17.4 Å². The van der Waals surface area contributed by atoms with Gasteiger partial charge >= 0.3 is 0 Å². The van der Waals surface area contributed by atoms with Gasteiger partial charge in [-0.15, -0.1) is 11.3 Å². The maximum absolute atomic E-state index is 12.5. The number of anilines is 1. The molecule has 0 aliphatic heterocycles.